The lowest BCUT2D eigenvalue weighted by Crippen LogP contribution is -2.23. The number of nitrogens with one attached hydrogen (secondary N) is 1. The fourth-order valence-electron chi connectivity index (χ4n) is 2.65. The van der Waals surface area contributed by atoms with Crippen LogP contribution >= 0.6 is 22.9 Å². The molecule has 7 nitrogen and oxygen atoms in total. The lowest BCUT2D eigenvalue weighted by molar-refractivity contribution is -0.146. The number of aryl methyl sites for hydroxylation is 1. The van der Waals surface area contributed by atoms with Gasteiger partial charge in [-0.05, 0) is 37.1 Å². The smallest absolute Gasteiger partial charge is 0.312 e. The first kappa shape index (κ1) is 19.3. The molecule has 1 aromatic carbocycles. The van der Waals surface area contributed by atoms with Crippen LogP contribution in [0.4, 0.5) is 10.8 Å². The zero-order chi connectivity index (χ0) is 19.4. The van der Waals surface area contributed by atoms with Crippen LogP contribution in [0.5, 0.6) is 0 Å². The van der Waals surface area contributed by atoms with Gasteiger partial charge in [0, 0.05) is 29.1 Å². The number of aromatic nitrogens is 1. The minimum atomic E-state index is -0.553. The molecular formula is C18H18ClN3O4S. The number of benzene rings is 1. The van der Waals surface area contributed by atoms with E-state index in [1.165, 1.54) is 11.3 Å². The Balaban J connectivity index is 1.47. The first-order valence-corrected chi connectivity index (χ1v) is 9.64. The molecule has 0 saturated carbocycles. The molecule has 1 aromatic heterocycles. The van der Waals surface area contributed by atoms with E-state index in [9.17, 15) is 14.4 Å². The van der Waals surface area contributed by atoms with Crippen LogP contribution in [0.2, 0.25) is 5.02 Å². The summed E-state index contributed by atoms with van der Waals surface area (Å²) < 4.78 is 5.01. The van der Waals surface area contributed by atoms with E-state index in [2.05, 4.69) is 10.3 Å². The number of rotatable bonds is 6. The van der Waals surface area contributed by atoms with Gasteiger partial charge in [0.15, 0.2) is 11.7 Å². The third kappa shape index (κ3) is 5.05. The zero-order valence-electron chi connectivity index (χ0n) is 14.7. The molecule has 27 heavy (non-hydrogen) atoms. The number of thiazole rings is 1. The van der Waals surface area contributed by atoms with Gasteiger partial charge in [0.25, 0.3) is 5.91 Å². The summed E-state index contributed by atoms with van der Waals surface area (Å²) >= 11 is 7.19. The van der Waals surface area contributed by atoms with Crippen molar-refractivity contribution in [3.05, 3.63) is 39.9 Å². The Kier molecular flexibility index (Phi) is 6.08. The van der Waals surface area contributed by atoms with Gasteiger partial charge in [0.05, 0.1) is 12.1 Å². The predicted octanol–water partition coefficient (Wildman–Crippen LogP) is 2.96. The fourth-order valence-corrected chi connectivity index (χ4v) is 3.74. The molecule has 0 unspecified atom stereocenters. The van der Waals surface area contributed by atoms with Crippen molar-refractivity contribution in [3.63, 3.8) is 0 Å². The van der Waals surface area contributed by atoms with Crippen LogP contribution in [0.3, 0.4) is 0 Å². The summed E-state index contributed by atoms with van der Waals surface area (Å²) in [6, 6.07) is 5.09. The van der Waals surface area contributed by atoms with Crippen LogP contribution in [0.25, 0.3) is 0 Å². The van der Waals surface area contributed by atoms with E-state index in [0.29, 0.717) is 34.5 Å². The van der Waals surface area contributed by atoms with Crippen LogP contribution in [-0.4, -0.2) is 35.9 Å². The number of anilines is 2. The molecule has 0 atom stereocenters. The summed E-state index contributed by atoms with van der Waals surface area (Å²) in [4.78, 5) is 41.5. The molecule has 2 aromatic rings. The highest BCUT2D eigenvalue weighted by Gasteiger charge is 2.24. The largest absolute Gasteiger partial charge is 0.455 e. The van der Waals surface area contributed by atoms with Crippen molar-refractivity contribution in [1.29, 1.82) is 0 Å². The van der Waals surface area contributed by atoms with Crippen molar-refractivity contribution >= 4 is 51.5 Å². The van der Waals surface area contributed by atoms with Crippen LogP contribution in [-0.2, 0) is 25.5 Å². The molecule has 1 aliphatic heterocycles. The maximum absolute atomic E-state index is 11.9. The molecule has 0 radical (unpaired) electrons. The van der Waals surface area contributed by atoms with E-state index in [1.54, 1.807) is 28.5 Å². The van der Waals surface area contributed by atoms with Crippen molar-refractivity contribution in [1.82, 2.24) is 4.98 Å². The van der Waals surface area contributed by atoms with E-state index in [0.717, 1.165) is 12.0 Å². The summed E-state index contributed by atoms with van der Waals surface area (Å²) in [5.41, 5.74) is 1.95. The van der Waals surface area contributed by atoms with Crippen molar-refractivity contribution in [2.75, 3.05) is 23.4 Å². The van der Waals surface area contributed by atoms with Crippen LogP contribution in [0.15, 0.2) is 23.6 Å². The molecule has 1 aliphatic rings. The maximum Gasteiger partial charge on any atom is 0.312 e. The van der Waals surface area contributed by atoms with E-state index < -0.39 is 11.9 Å². The molecular weight excluding hydrogens is 390 g/mol. The number of amides is 2. The van der Waals surface area contributed by atoms with Crippen LogP contribution in [0, 0.1) is 6.92 Å². The van der Waals surface area contributed by atoms with Gasteiger partial charge in [-0.15, -0.1) is 11.3 Å². The fraction of sp³-hybridized carbons (Fsp3) is 0.333. The van der Waals surface area contributed by atoms with Gasteiger partial charge in [-0.25, -0.2) is 4.98 Å². The van der Waals surface area contributed by atoms with Gasteiger partial charge in [0.2, 0.25) is 5.91 Å². The molecule has 142 valence electrons. The molecule has 0 spiro atoms. The van der Waals surface area contributed by atoms with E-state index in [4.69, 9.17) is 16.3 Å². The van der Waals surface area contributed by atoms with Crippen molar-refractivity contribution in [2.24, 2.45) is 0 Å². The summed E-state index contributed by atoms with van der Waals surface area (Å²) in [5, 5.41) is 5.56. The standard InChI is InChI=1S/C18H18ClN3O4S/c1-11-7-12(19)4-5-14(11)21-15(23)9-26-17(25)8-13-10-27-18(20-13)22-6-2-3-16(22)24/h4-5,7,10H,2-3,6,8-9H2,1H3,(H,21,23). The third-order valence-corrected chi connectivity index (χ3v) is 5.14. The minimum absolute atomic E-state index is 0.0487. The predicted molar refractivity (Wildman–Crippen MR) is 103 cm³/mol. The number of esters is 1. The molecule has 0 bridgehead atoms. The molecule has 2 heterocycles. The average molecular weight is 408 g/mol. The number of hydrogen-bond donors (Lipinski definition) is 1. The van der Waals surface area contributed by atoms with Crippen molar-refractivity contribution in [2.45, 2.75) is 26.2 Å². The number of ether oxygens (including phenoxy) is 1. The Hall–Kier alpha value is -2.45. The first-order chi connectivity index (χ1) is 12.9. The van der Waals surface area contributed by atoms with Gasteiger partial charge in [-0.3, -0.25) is 19.3 Å². The second-order valence-electron chi connectivity index (χ2n) is 6.12. The Bertz CT molecular complexity index is 883. The SMILES string of the molecule is Cc1cc(Cl)ccc1NC(=O)COC(=O)Cc1csc(N2CCCC2=O)n1. The molecule has 1 N–H and O–H groups in total. The van der Waals surface area contributed by atoms with Crippen LogP contribution in [0.1, 0.15) is 24.1 Å². The number of nitrogens with zero attached hydrogens (tertiary/aromatic N) is 2. The minimum Gasteiger partial charge on any atom is -0.455 e. The highest BCUT2D eigenvalue weighted by atomic mass is 35.5. The van der Waals surface area contributed by atoms with Gasteiger partial charge in [-0.2, -0.15) is 0 Å². The van der Waals surface area contributed by atoms with Gasteiger partial charge in [0.1, 0.15) is 0 Å². The molecule has 3 rings (SSSR count). The molecule has 2 amide bonds. The number of halogens is 1. The van der Waals surface area contributed by atoms with Crippen LogP contribution < -0.4 is 10.2 Å². The Morgan fingerprint density at radius 3 is 2.93 bits per heavy atom. The lowest BCUT2D eigenvalue weighted by atomic mass is 10.2. The second kappa shape index (κ2) is 8.49. The highest BCUT2D eigenvalue weighted by molar-refractivity contribution is 7.14. The monoisotopic (exact) mass is 407 g/mol. The summed E-state index contributed by atoms with van der Waals surface area (Å²) in [6.45, 7) is 2.08. The normalized spacial score (nSPS) is 13.7. The molecule has 0 aliphatic carbocycles. The van der Waals surface area contributed by atoms with Crippen molar-refractivity contribution in [3.8, 4) is 0 Å². The van der Waals surface area contributed by atoms with Crippen molar-refractivity contribution < 1.29 is 19.1 Å². The number of carbonyl (C=O) groups is 3. The quantitative estimate of drug-likeness (QED) is 0.743. The van der Waals surface area contributed by atoms with E-state index in [-0.39, 0.29) is 18.9 Å². The first-order valence-electron chi connectivity index (χ1n) is 8.39. The van der Waals surface area contributed by atoms with Gasteiger partial charge in [-0.1, -0.05) is 11.6 Å². The molecule has 1 saturated heterocycles. The number of carbonyl (C=O) groups excluding carboxylic acids is 3. The highest BCUT2D eigenvalue weighted by Crippen LogP contribution is 2.25. The lowest BCUT2D eigenvalue weighted by Gasteiger charge is -2.10. The summed E-state index contributed by atoms with van der Waals surface area (Å²) in [7, 11) is 0. The van der Waals surface area contributed by atoms with Gasteiger partial charge >= 0.3 is 5.97 Å². The maximum atomic E-state index is 11.9. The van der Waals surface area contributed by atoms with E-state index >= 15 is 0 Å². The topological polar surface area (TPSA) is 88.6 Å². The second-order valence-corrected chi connectivity index (χ2v) is 7.39. The summed E-state index contributed by atoms with van der Waals surface area (Å²) in [5.74, 6) is -0.939. The van der Waals surface area contributed by atoms with Gasteiger partial charge < -0.3 is 10.1 Å². The zero-order valence-corrected chi connectivity index (χ0v) is 16.2. The Morgan fingerprint density at radius 2 is 2.22 bits per heavy atom. The Labute approximate surface area is 165 Å². The molecule has 9 heteroatoms. The average Bonchev–Trinajstić information content (AvgIpc) is 3.24. The summed E-state index contributed by atoms with van der Waals surface area (Å²) in [6.07, 6.45) is 1.29. The van der Waals surface area contributed by atoms with E-state index in [1.807, 2.05) is 6.92 Å². The third-order valence-electron chi connectivity index (χ3n) is 4.00. The number of hydrogen-bond acceptors (Lipinski definition) is 6. The Morgan fingerprint density at radius 1 is 1.41 bits per heavy atom. The molecule has 1 fully saturated rings.